The van der Waals surface area contributed by atoms with Crippen LogP contribution >= 0.6 is 22.9 Å². The number of halogens is 1. The van der Waals surface area contributed by atoms with Gasteiger partial charge in [-0.3, -0.25) is 3.53 Å². The molecule has 0 aliphatic heterocycles. The number of aliphatic hydroxyl groups excluding tert-OH is 1. The summed E-state index contributed by atoms with van der Waals surface area (Å²) in [6, 6.07) is 0.0700. The molecule has 0 unspecified atom stereocenters. The second-order valence-electron chi connectivity index (χ2n) is 1.44. The summed E-state index contributed by atoms with van der Waals surface area (Å²) in [5.41, 5.74) is 0. The normalized spacial score (nSPS) is 13.9. The van der Waals surface area contributed by atoms with Crippen LogP contribution in [-0.2, 0) is 4.74 Å². The summed E-state index contributed by atoms with van der Waals surface area (Å²) in [6.07, 6.45) is 0. The van der Waals surface area contributed by atoms with Crippen molar-refractivity contribution in [1.82, 2.24) is 3.53 Å². The summed E-state index contributed by atoms with van der Waals surface area (Å²) in [5.74, 6) is 0. The number of ether oxygens (including phenoxy) is 1. The van der Waals surface area contributed by atoms with Gasteiger partial charge in [-0.15, -0.1) is 0 Å². The Morgan fingerprint density at radius 2 is 2.50 bits per heavy atom. The van der Waals surface area contributed by atoms with Crippen molar-refractivity contribution in [3.63, 3.8) is 0 Å². The van der Waals surface area contributed by atoms with Gasteiger partial charge >= 0.3 is 0 Å². The fraction of sp³-hybridized carbons (Fsp3) is 1.00. The molecule has 0 aromatic heterocycles. The summed E-state index contributed by atoms with van der Waals surface area (Å²) in [6.45, 7) is 0.677. The predicted molar refractivity (Wildman–Crippen MR) is 39.9 cm³/mol. The lowest BCUT2D eigenvalue weighted by molar-refractivity contribution is 0.142. The van der Waals surface area contributed by atoms with Crippen LogP contribution in [0.2, 0.25) is 0 Å². The molecule has 50 valence electrons. The molecule has 0 aliphatic rings. The van der Waals surface area contributed by atoms with Crippen LogP contribution in [0.3, 0.4) is 0 Å². The van der Waals surface area contributed by atoms with E-state index in [0.717, 1.165) is 0 Å². The Hall–Kier alpha value is 0.610. The molecule has 0 fully saturated rings. The number of methoxy groups -OCH3 is 1. The summed E-state index contributed by atoms with van der Waals surface area (Å²) in [4.78, 5) is 0. The van der Waals surface area contributed by atoms with E-state index in [0.29, 0.717) is 6.61 Å². The van der Waals surface area contributed by atoms with Gasteiger partial charge in [0.05, 0.1) is 19.3 Å². The van der Waals surface area contributed by atoms with E-state index < -0.39 is 0 Å². The second-order valence-corrected chi connectivity index (χ2v) is 2.07. The molecule has 3 nitrogen and oxygen atoms in total. The molecular formula is C4H10INO2. The maximum absolute atomic E-state index is 8.51. The van der Waals surface area contributed by atoms with Gasteiger partial charge in [-0.1, -0.05) is 0 Å². The Bertz CT molecular complexity index is 49.3. The minimum absolute atomic E-state index is 0.0700. The Labute approximate surface area is 62.9 Å². The Balaban J connectivity index is 3.07. The van der Waals surface area contributed by atoms with Gasteiger partial charge < -0.3 is 9.84 Å². The van der Waals surface area contributed by atoms with E-state index in [9.17, 15) is 0 Å². The monoisotopic (exact) mass is 231 g/mol. The van der Waals surface area contributed by atoms with E-state index in [2.05, 4.69) is 3.53 Å². The van der Waals surface area contributed by atoms with Gasteiger partial charge in [-0.05, 0) is 0 Å². The average molecular weight is 231 g/mol. The van der Waals surface area contributed by atoms with E-state index >= 15 is 0 Å². The standard InChI is InChI=1S/C4H10INO2/c1-8-3-4(2-7)6-5/h4,6-7H,2-3H2,1H3/t4-/m1/s1. The molecular weight excluding hydrogens is 221 g/mol. The molecule has 0 amide bonds. The molecule has 0 radical (unpaired) electrons. The zero-order valence-corrected chi connectivity index (χ0v) is 6.88. The van der Waals surface area contributed by atoms with Crippen molar-refractivity contribution in [3.05, 3.63) is 0 Å². The Kier molecular flexibility index (Phi) is 6.18. The molecule has 0 aliphatic carbocycles. The lowest BCUT2D eigenvalue weighted by Gasteiger charge is -2.08. The molecule has 0 aromatic carbocycles. The number of aliphatic hydroxyl groups is 1. The van der Waals surface area contributed by atoms with E-state index in [1.807, 2.05) is 22.9 Å². The predicted octanol–water partition coefficient (Wildman–Crippen LogP) is -0.0667. The maximum atomic E-state index is 8.51. The zero-order valence-electron chi connectivity index (χ0n) is 4.72. The van der Waals surface area contributed by atoms with Crippen LogP contribution in [0, 0.1) is 0 Å². The largest absolute Gasteiger partial charge is 0.395 e. The number of nitrogens with one attached hydrogen (secondary N) is 1. The molecule has 4 heteroatoms. The third-order valence-electron chi connectivity index (χ3n) is 0.743. The van der Waals surface area contributed by atoms with Crippen molar-refractivity contribution < 1.29 is 9.84 Å². The molecule has 0 saturated heterocycles. The lowest BCUT2D eigenvalue weighted by Crippen LogP contribution is -2.29. The molecule has 0 heterocycles. The fourth-order valence-corrected chi connectivity index (χ4v) is 0.697. The Morgan fingerprint density at radius 1 is 1.88 bits per heavy atom. The first-order chi connectivity index (χ1) is 3.85. The first-order valence-electron chi connectivity index (χ1n) is 2.31. The van der Waals surface area contributed by atoms with Crippen molar-refractivity contribution in [3.8, 4) is 0 Å². The van der Waals surface area contributed by atoms with Crippen LogP contribution in [0.1, 0.15) is 0 Å². The van der Waals surface area contributed by atoms with Crippen molar-refractivity contribution in [2.45, 2.75) is 6.04 Å². The third-order valence-corrected chi connectivity index (χ3v) is 1.62. The van der Waals surface area contributed by atoms with Gasteiger partial charge in [-0.25, -0.2) is 0 Å². The van der Waals surface area contributed by atoms with E-state index in [4.69, 9.17) is 9.84 Å². The van der Waals surface area contributed by atoms with Crippen molar-refractivity contribution in [1.29, 1.82) is 0 Å². The van der Waals surface area contributed by atoms with Gasteiger partial charge in [0.15, 0.2) is 0 Å². The van der Waals surface area contributed by atoms with Crippen LogP contribution in [0.25, 0.3) is 0 Å². The minimum atomic E-state index is 0.0700. The van der Waals surface area contributed by atoms with Crippen LogP contribution in [0.5, 0.6) is 0 Å². The molecule has 1 atom stereocenters. The number of hydrogen-bond donors (Lipinski definition) is 2. The smallest absolute Gasteiger partial charge is 0.0645 e. The van der Waals surface area contributed by atoms with Gasteiger partial charge in [0.1, 0.15) is 0 Å². The molecule has 0 rings (SSSR count). The topological polar surface area (TPSA) is 41.5 Å². The van der Waals surface area contributed by atoms with Gasteiger partial charge in [-0.2, -0.15) is 0 Å². The highest BCUT2D eigenvalue weighted by Gasteiger charge is 2.01. The van der Waals surface area contributed by atoms with Crippen molar-refractivity contribution in [2.24, 2.45) is 0 Å². The van der Waals surface area contributed by atoms with Gasteiger partial charge in [0.25, 0.3) is 0 Å². The van der Waals surface area contributed by atoms with E-state index in [1.54, 1.807) is 7.11 Å². The molecule has 0 bridgehead atoms. The quantitative estimate of drug-likeness (QED) is 0.525. The summed E-state index contributed by atoms with van der Waals surface area (Å²) < 4.78 is 7.61. The summed E-state index contributed by atoms with van der Waals surface area (Å²) in [5, 5.41) is 8.51. The van der Waals surface area contributed by atoms with Crippen LogP contribution in [0.4, 0.5) is 0 Å². The molecule has 0 spiro atoms. The average Bonchev–Trinajstić information content (AvgIpc) is 1.83. The van der Waals surface area contributed by atoms with Crippen LogP contribution in [-0.4, -0.2) is 31.5 Å². The number of rotatable bonds is 4. The highest BCUT2D eigenvalue weighted by molar-refractivity contribution is 14.1. The first kappa shape index (κ1) is 8.61. The van der Waals surface area contributed by atoms with Crippen molar-refractivity contribution in [2.75, 3.05) is 20.3 Å². The Morgan fingerprint density at radius 3 is 2.62 bits per heavy atom. The second kappa shape index (κ2) is 5.74. The molecule has 2 N–H and O–H groups in total. The SMILES string of the molecule is COC[C@@H](CO)NI. The van der Waals surface area contributed by atoms with Crippen molar-refractivity contribution >= 4 is 22.9 Å². The highest BCUT2D eigenvalue weighted by atomic mass is 127. The molecule has 8 heavy (non-hydrogen) atoms. The van der Waals surface area contributed by atoms with E-state index in [-0.39, 0.29) is 12.6 Å². The summed E-state index contributed by atoms with van der Waals surface area (Å²) >= 11 is 1.98. The summed E-state index contributed by atoms with van der Waals surface area (Å²) in [7, 11) is 1.61. The lowest BCUT2D eigenvalue weighted by atomic mass is 10.4. The first-order valence-corrected chi connectivity index (χ1v) is 3.39. The highest BCUT2D eigenvalue weighted by Crippen LogP contribution is 1.85. The van der Waals surface area contributed by atoms with Crippen LogP contribution < -0.4 is 3.53 Å². The van der Waals surface area contributed by atoms with Gasteiger partial charge in [0.2, 0.25) is 0 Å². The fourth-order valence-electron chi connectivity index (χ4n) is 0.320. The van der Waals surface area contributed by atoms with Crippen LogP contribution in [0.15, 0.2) is 0 Å². The zero-order chi connectivity index (χ0) is 6.41. The van der Waals surface area contributed by atoms with E-state index in [1.165, 1.54) is 0 Å². The number of hydrogen-bond acceptors (Lipinski definition) is 3. The molecule has 0 saturated carbocycles. The maximum Gasteiger partial charge on any atom is 0.0645 e. The minimum Gasteiger partial charge on any atom is -0.395 e. The van der Waals surface area contributed by atoms with Gasteiger partial charge in [0, 0.05) is 30.0 Å². The molecule has 0 aromatic rings. The third kappa shape index (κ3) is 3.59.